The summed E-state index contributed by atoms with van der Waals surface area (Å²) in [6.07, 6.45) is 77.6. The molecule has 0 saturated heterocycles. The van der Waals surface area contributed by atoms with Crippen molar-refractivity contribution in [2.45, 2.75) is 245 Å². The van der Waals surface area contributed by atoms with Gasteiger partial charge in [0.25, 0.3) is 0 Å². The SMILES string of the molecule is CC/C=C\C/C=C\C/C=C\CCCCCCCC(=O)OC[C@H](COC(=O)CCCCCCCCC/C=C\C/C=C\CCCCC)OC(=O)CC/C=C\C/C=C\C/C=C\C/C=C\C/C=C\CCCCC. The number of esters is 3. The van der Waals surface area contributed by atoms with E-state index in [2.05, 4.69) is 130 Å². The highest BCUT2D eigenvalue weighted by Gasteiger charge is 2.19. The fraction of sp³-hybridized carbons (Fsp3) is 0.635. The molecule has 0 N–H and O–H groups in total. The summed E-state index contributed by atoms with van der Waals surface area (Å²) in [5, 5.41) is 0. The maximum absolute atomic E-state index is 12.8. The molecule has 0 aliphatic rings. The Hall–Kier alpha value is -4.19. The van der Waals surface area contributed by atoms with Crippen molar-refractivity contribution in [2.75, 3.05) is 13.2 Å². The number of rotatable bonds is 49. The van der Waals surface area contributed by atoms with Crippen LogP contribution in [-0.2, 0) is 28.6 Å². The Morgan fingerprint density at radius 2 is 0.594 bits per heavy atom. The minimum atomic E-state index is -0.832. The summed E-state index contributed by atoms with van der Waals surface area (Å²) in [6.45, 7) is 6.38. The van der Waals surface area contributed by atoms with Crippen molar-refractivity contribution in [2.24, 2.45) is 0 Å². The van der Waals surface area contributed by atoms with Crippen molar-refractivity contribution >= 4 is 17.9 Å². The van der Waals surface area contributed by atoms with Gasteiger partial charge in [0, 0.05) is 19.3 Å². The molecule has 0 aliphatic heterocycles. The first kappa shape index (κ1) is 64.8. The molecule has 0 aliphatic carbocycles. The van der Waals surface area contributed by atoms with Gasteiger partial charge >= 0.3 is 17.9 Å². The largest absolute Gasteiger partial charge is 0.462 e. The third-order valence-corrected chi connectivity index (χ3v) is 11.4. The average molecular weight is 956 g/mol. The summed E-state index contributed by atoms with van der Waals surface area (Å²) in [6, 6.07) is 0. The number of ether oxygens (including phenoxy) is 3. The minimum Gasteiger partial charge on any atom is -0.462 e. The maximum atomic E-state index is 12.8. The molecule has 0 rings (SSSR count). The molecular weight excluding hydrogens is 853 g/mol. The highest BCUT2D eigenvalue weighted by molar-refractivity contribution is 5.71. The third kappa shape index (κ3) is 54.6. The van der Waals surface area contributed by atoms with Gasteiger partial charge in [-0.2, -0.15) is 0 Å². The van der Waals surface area contributed by atoms with Crippen molar-refractivity contribution in [1.82, 2.24) is 0 Å². The van der Waals surface area contributed by atoms with Gasteiger partial charge in [-0.25, -0.2) is 0 Å². The minimum absolute atomic E-state index is 0.121. The number of carbonyl (C=O) groups is 3. The summed E-state index contributed by atoms with van der Waals surface area (Å²) >= 11 is 0. The number of hydrogen-bond acceptors (Lipinski definition) is 6. The van der Waals surface area contributed by atoms with E-state index in [4.69, 9.17) is 14.2 Å². The second-order valence-corrected chi connectivity index (χ2v) is 18.1. The summed E-state index contributed by atoms with van der Waals surface area (Å²) in [4.78, 5) is 38.1. The monoisotopic (exact) mass is 955 g/mol. The average Bonchev–Trinajstić information content (AvgIpc) is 3.35. The second-order valence-electron chi connectivity index (χ2n) is 18.1. The normalized spacial score (nSPS) is 13.0. The van der Waals surface area contributed by atoms with Crippen LogP contribution in [0.4, 0.5) is 0 Å². The zero-order chi connectivity index (χ0) is 50.0. The molecule has 0 heterocycles. The first-order chi connectivity index (χ1) is 34.0. The van der Waals surface area contributed by atoms with E-state index in [0.29, 0.717) is 19.3 Å². The fourth-order valence-corrected chi connectivity index (χ4v) is 7.23. The highest BCUT2D eigenvalue weighted by atomic mass is 16.6. The highest BCUT2D eigenvalue weighted by Crippen LogP contribution is 2.13. The van der Waals surface area contributed by atoms with Crippen molar-refractivity contribution in [1.29, 1.82) is 0 Å². The number of allylic oxidation sites excluding steroid dienone is 20. The van der Waals surface area contributed by atoms with Gasteiger partial charge in [-0.15, -0.1) is 0 Å². The van der Waals surface area contributed by atoms with Crippen LogP contribution in [0.1, 0.15) is 239 Å². The lowest BCUT2D eigenvalue weighted by molar-refractivity contribution is -0.166. The molecule has 0 aromatic carbocycles. The Kier molecular flexibility index (Phi) is 53.0. The van der Waals surface area contributed by atoms with Crippen molar-refractivity contribution in [3.05, 3.63) is 122 Å². The van der Waals surface area contributed by atoms with Crippen molar-refractivity contribution < 1.29 is 28.6 Å². The molecule has 6 heteroatoms. The predicted octanol–water partition coefficient (Wildman–Crippen LogP) is 18.9. The van der Waals surface area contributed by atoms with Crippen LogP contribution >= 0.6 is 0 Å². The van der Waals surface area contributed by atoms with Crippen LogP contribution in [0.25, 0.3) is 0 Å². The Morgan fingerprint density at radius 1 is 0.304 bits per heavy atom. The lowest BCUT2D eigenvalue weighted by Gasteiger charge is -2.18. The molecular formula is C63H102O6. The quantitative estimate of drug-likeness (QED) is 0.0262. The fourth-order valence-electron chi connectivity index (χ4n) is 7.23. The van der Waals surface area contributed by atoms with Crippen LogP contribution in [0.2, 0.25) is 0 Å². The summed E-state index contributed by atoms with van der Waals surface area (Å²) in [5.74, 6) is -1.03. The topological polar surface area (TPSA) is 78.9 Å². The van der Waals surface area contributed by atoms with Crippen molar-refractivity contribution in [3.63, 3.8) is 0 Å². The number of hydrogen-bond donors (Lipinski definition) is 0. The van der Waals surface area contributed by atoms with Crippen LogP contribution in [0.15, 0.2) is 122 Å². The van der Waals surface area contributed by atoms with Crippen LogP contribution in [0, 0.1) is 0 Å². The Bertz CT molecular complexity index is 1470. The molecule has 0 spiro atoms. The molecule has 0 bridgehead atoms. The van der Waals surface area contributed by atoms with E-state index in [0.717, 1.165) is 116 Å². The molecule has 0 fully saturated rings. The van der Waals surface area contributed by atoms with Gasteiger partial charge in [0.15, 0.2) is 6.10 Å². The Morgan fingerprint density at radius 3 is 0.942 bits per heavy atom. The maximum Gasteiger partial charge on any atom is 0.306 e. The van der Waals surface area contributed by atoms with Gasteiger partial charge in [0.2, 0.25) is 0 Å². The van der Waals surface area contributed by atoms with E-state index in [1.54, 1.807) is 0 Å². The summed E-state index contributed by atoms with van der Waals surface area (Å²) in [7, 11) is 0. The molecule has 0 radical (unpaired) electrons. The van der Waals surface area contributed by atoms with Gasteiger partial charge in [-0.3, -0.25) is 14.4 Å². The first-order valence-corrected chi connectivity index (χ1v) is 28.0. The van der Waals surface area contributed by atoms with Crippen LogP contribution in [0.3, 0.4) is 0 Å². The number of unbranched alkanes of at least 4 members (excludes halogenated alkanes) is 18. The van der Waals surface area contributed by atoms with Crippen LogP contribution in [-0.4, -0.2) is 37.2 Å². The summed E-state index contributed by atoms with van der Waals surface area (Å²) in [5.41, 5.74) is 0. The standard InChI is InChI=1S/C63H102O6/c1-4-7-10-13-16-19-22-25-28-30-31-33-36-39-42-45-48-51-54-57-63(66)69-60(58-67-61(64)55-52-49-46-43-40-37-34-27-24-21-18-15-12-9-6-3)59-68-62(65)56-53-50-47-44-41-38-35-32-29-26-23-20-17-14-11-8-5-2/h9,12,16-21,25-29,31,33-34,39,42,48,51,60H,4-8,10-11,13-15,22-24,30,32,35-38,40-41,43-47,49-50,52-59H2,1-3H3/b12-9-,19-16-,20-17-,21-18-,28-25-,29-26-,33-31-,34-27-,42-39-,51-48-/t60-/m1/s1. The third-order valence-electron chi connectivity index (χ3n) is 11.4. The lowest BCUT2D eigenvalue weighted by atomic mass is 10.1. The van der Waals surface area contributed by atoms with Gasteiger partial charge in [0.1, 0.15) is 13.2 Å². The molecule has 390 valence electrons. The van der Waals surface area contributed by atoms with Crippen LogP contribution in [0.5, 0.6) is 0 Å². The zero-order valence-corrected chi connectivity index (χ0v) is 44.5. The van der Waals surface area contributed by atoms with E-state index in [9.17, 15) is 14.4 Å². The van der Waals surface area contributed by atoms with Gasteiger partial charge in [-0.1, -0.05) is 219 Å². The molecule has 69 heavy (non-hydrogen) atoms. The van der Waals surface area contributed by atoms with Crippen molar-refractivity contribution in [3.8, 4) is 0 Å². The Balaban J connectivity index is 4.56. The van der Waals surface area contributed by atoms with E-state index >= 15 is 0 Å². The van der Waals surface area contributed by atoms with Gasteiger partial charge in [0.05, 0.1) is 0 Å². The van der Waals surface area contributed by atoms with E-state index in [1.165, 1.54) is 77.0 Å². The molecule has 1 atom stereocenters. The Labute approximate surface area is 424 Å². The summed E-state index contributed by atoms with van der Waals surface area (Å²) < 4.78 is 16.8. The lowest BCUT2D eigenvalue weighted by Crippen LogP contribution is -2.30. The molecule has 6 nitrogen and oxygen atoms in total. The number of carbonyl (C=O) groups excluding carboxylic acids is 3. The van der Waals surface area contributed by atoms with Crippen LogP contribution < -0.4 is 0 Å². The molecule has 0 aromatic rings. The van der Waals surface area contributed by atoms with Gasteiger partial charge in [-0.05, 0) is 122 Å². The molecule has 0 saturated carbocycles. The smallest absolute Gasteiger partial charge is 0.306 e. The molecule has 0 aromatic heterocycles. The molecule has 0 unspecified atom stereocenters. The molecule has 0 amide bonds. The van der Waals surface area contributed by atoms with E-state index in [1.807, 2.05) is 12.2 Å². The van der Waals surface area contributed by atoms with E-state index in [-0.39, 0.29) is 31.6 Å². The predicted molar refractivity (Wildman–Crippen MR) is 297 cm³/mol. The second kappa shape index (κ2) is 56.4. The first-order valence-electron chi connectivity index (χ1n) is 28.0. The zero-order valence-electron chi connectivity index (χ0n) is 44.5. The van der Waals surface area contributed by atoms with Gasteiger partial charge < -0.3 is 14.2 Å². The van der Waals surface area contributed by atoms with E-state index < -0.39 is 12.1 Å².